The van der Waals surface area contributed by atoms with Crippen LogP contribution < -0.4 is 0 Å². The predicted octanol–water partition coefficient (Wildman–Crippen LogP) is 2.26. The highest BCUT2D eigenvalue weighted by molar-refractivity contribution is 5.15. The van der Waals surface area contributed by atoms with E-state index in [0.717, 1.165) is 11.3 Å². The molecule has 0 saturated carbocycles. The lowest BCUT2D eigenvalue weighted by atomic mass is 10.1. The highest BCUT2D eigenvalue weighted by atomic mass is 16.3. The molecule has 1 unspecified atom stereocenters. The molecule has 0 bridgehead atoms. The van der Waals surface area contributed by atoms with Gasteiger partial charge in [-0.2, -0.15) is 0 Å². The van der Waals surface area contributed by atoms with Crippen molar-refractivity contribution in [3.63, 3.8) is 0 Å². The zero-order valence-electron chi connectivity index (χ0n) is 8.55. The molecule has 0 aliphatic carbocycles. The summed E-state index contributed by atoms with van der Waals surface area (Å²) in [7, 11) is 0. The molecule has 3 heteroatoms. The van der Waals surface area contributed by atoms with Gasteiger partial charge in [-0.05, 0) is 30.7 Å². The summed E-state index contributed by atoms with van der Waals surface area (Å²) in [5.41, 5.74) is 2.60. The Labute approximate surface area is 88.4 Å². The first-order valence-electron chi connectivity index (χ1n) is 4.88. The predicted molar refractivity (Wildman–Crippen MR) is 56.3 cm³/mol. The van der Waals surface area contributed by atoms with E-state index in [1.165, 1.54) is 0 Å². The number of nitrogens with zero attached hydrogens (tertiary/aromatic N) is 1. The molecule has 78 valence electrons. The van der Waals surface area contributed by atoms with Crippen LogP contribution in [0.4, 0.5) is 0 Å². The molecule has 0 amide bonds. The Bertz CT molecular complexity index is 423. The molecule has 2 rings (SSSR count). The molecule has 1 atom stereocenters. The van der Waals surface area contributed by atoms with Crippen LogP contribution in [-0.2, 0) is 6.42 Å². The molecule has 3 nitrogen and oxygen atoms in total. The van der Waals surface area contributed by atoms with E-state index in [1.807, 2.05) is 31.2 Å². The second-order valence-electron chi connectivity index (χ2n) is 3.56. The molecular weight excluding hydrogens is 190 g/mol. The molecule has 0 aromatic carbocycles. The van der Waals surface area contributed by atoms with Crippen LogP contribution in [-0.4, -0.2) is 10.1 Å². The molecule has 2 heterocycles. The lowest BCUT2D eigenvalue weighted by Gasteiger charge is -2.08. The van der Waals surface area contributed by atoms with E-state index in [1.54, 1.807) is 12.5 Å². The highest BCUT2D eigenvalue weighted by Gasteiger charge is 2.10. The lowest BCUT2D eigenvalue weighted by Crippen LogP contribution is -2.04. The van der Waals surface area contributed by atoms with Crippen molar-refractivity contribution in [2.45, 2.75) is 19.4 Å². The Kier molecular flexibility index (Phi) is 2.83. The summed E-state index contributed by atoms with van der Waals surface area (Å²) < 4.78 is 4.94. The van der Waals surface area contributed by atoms with Gasteiger partial charge in [0.25, 0.3) is 0 Å². The number of aromatic nitrogens is 1. The van der Waals surface area contributed by atoms with Gasteiger partial charge in [-0.15, -0.1) is 0 Å². The number of aliphatic hydroxyl groups excluding tert-OH is 1. The molecule has 0 aliphatic rings. The molecule has 2 aromatic heterocycles. The maximum atomic E-state index is 9.91. The highest BCUT2D eigenvalue weighted by Crippen LogP contribution is 2.16. The van der Waals surface area contributed by atoms with Crippen LogP contribution in [0.1, 0.15) is 23.1 Å². The number of aliphatic hydroxyl groups is 1. The number of furan rings is 1. The number of pyridine rings is 1. The fourth-order valence-corrected chi connectivity index (χ4v) is 1.49. The number of hydrogen-bond donors (Lipinski definition) is 1. The quantitative estimate of drug-likeness (QED) is 0.832. The molecule has 0 radical (unpaired) electrons. The van der Waals surface area contributed by atoms with Gasteiger partial charge in [0.2, 0.25) is 0 Å². The SMILES string of the molecule is Cc1cccc(C(O)Cc2ccoc2)n1. The number of rotatable bonds is 3. The maximum Gasteiger partial charge on any atom is 0.100 e. The van der Waals surface area contributed by atoms with E-state index in [2.05, 4.69) is 4.98 Å². The Hall–Kier alpha value is -1.61. The Morgan fingerprint density at radius 1 is 1.40 bits per heavy atom. The molecule has 0 spiro atoms. The first-order valence-corrected chi connectivity index (χ1v) is 4.88. The molecule has 1 N–H and O–H groups in total. The van der Waals surface area contributed by atoms with Crippen molar-refractivity contribution in [3.8, 4) is 0 Å². The summed E-state index contributed by atoms with van der Waals surface area (Å²) in [4.78, 5) is 4.27. The third kappa shape index (κ3) is 2.44. The average Bonchev–Trinajstić information content (AvgIpc) is 2.70. The summed E-state index contributed by atoms with van der Waals surface area (Å²) in [6, 6.07) is 7.49. The fraction of sp³-hybridized carbons (Fsp3) is 0.250. The van der Waals surface area contributed by atoms with Crippen molar-refractivity contribution in [3.05, 3.63) is 53.7 Å². The lowest BCUT2D eigenvalue weighted by molar-refractivity contribution is 0.173. The Balaban J connectivity index is 2.11. The fourth-order valence-electron chi connectivity index (χ4n) is 1.49. The van der Waals surface area contributed by atoms with Crippen LogP contribution in [0, 0.1) is 6.92 Å². The molecule has 0 saturated heterocycles. The van der Waals surface area contributed by atoms with E-state index in [-0.39, 0.29) is 0 Å². The number of aryl methyl sites for hydroxylation is 1. The molecule has 0 fully saturated rings. The minimum absolute atomic E-state index is 0.535. The second kappa shape index (κ2) is 4.28. The van der Waals surface area contributed by atoms with Crippen molar-refractivity contribution in [2.75, 3.05) is 0 Å². The summed E-state index contributed by atoms with van der Waals surface area (Å²) in [6.45, 7) is 1.91. The first kappa shape index (κ1) is 9.93. The van der Waals surface area contributed by atoms with Gasteiger partial charge in [0, 0.05) is 12.1 Å². The normalized spacial score (nSPS) is 12.7. The zero-order valence-corrected chi connectivity index (χ0v) is 8.55. The standard InChI is InChI=1S/C12H13NO2/c1-9-3-2-4-11(13-9)12(14)7-10-5-6-15-8-10/h2-6,8,12,14H,7H2,1H3. The van der Waals surface area contributed by atoms with Gasteiger partial charge < -0.3 is 9.52 Å². The smallest absolute Gasteiger partial charge is 0.100 e. The molecular formula is C12H13NO2. The van der Waals surface area contributed by atoms with Crippen LogP contribution in [0.3, 0.4) is 0 Å². The van der Waals surface area contributed by atoms with Gasteiger partial charge in [0.05, 0.1) is 18.2 Å². The van der Waals surface area contributed by atoms with E-state index < -0.39 is 6.10 Å². The molecule has 2 aromatic rings. The topological polar surface area (TPSA) is 46.3 Å². The van der Waals surface area contributed by atoms with Crippen LogP contribution >= 0.6 is 0 Å². The van der Waals surface area contributed by atoms with Crippen molar-refractivity contribution >= 4 is 0 Å². The van der Waals surface area contributed by atoms with E-state index in [4.69, 9.17) is 4.42 Å². The maximum absolute atomic E-state index is 9.91. The summed E-state index contributed by atoms with van der Waals surface area (Å²) >= 11 is 0. The van der Waals surface area contributed by atoms with Gasteiger partial charge in [-0.3, -0.25) is 4.98 Å². The van der Waals surface area contributed by atoms with Crippen molar-refractivity contribution in [1.29, 1.82) is 0 Å². The second-order valence-corrected chi connectivity index (χ2v) is 3.56. The monoisotopic (exact) mass is 203 g/mol. The van der Waals surface area contributed by atoms with Crippen molar-refractivity contribution in [2.24, 2.45) is 0 Å². The minimum atomic E-state index is -0.567. The number of hydrogen-bond acceptors (Lipinski definition) is 3. The summed E-state index contributed by atoms with van der Waals surface area (Å²) in [5, 5.41) is 9.91. The van der Waals surface area contributed by atoms with Gasteiger partial charge in [0.1, 0.15) is 6.10 Å². The van der Waals surface area contributed by atoms with E-state index in [0.29, 0.717) is 12.1 Å². The average molecular weight is 203 g/mol. The van der Waals surface area contributed by atoms with E-state index >= 15 is 0 Å². The zero-order chi connectivity index (χ0) is 10.7. The third-order valence-electron chi connectivity index (χ3n) is 2.26. The minimum Gasteiger partial charge on any atom is -0.472 e. The van der Waals surface area contributed by atoms with Crippen LogP contribution in [0.2, 0.25) is 0 Å². The summed E-state index contributed by atoms with van der Waals surface area (Å²) in [5.74, 6) is 0. The van der Waals surface area contributed by atoms with Crippen LogP contribution in [0.5, 0.6) is 0 Å². The van der Waals surface area contributed by atoms with Crippen LogP contribution in [0.15, 0.2) is 41.2 Å². The van der Waals surface area contributed by atoms with Crippen LogP contribution in [0.25, 0.3) is 0 Å². The van der Waals surface area contributed by atoms with Crippen molar-refractivity contribution < 1.29 is 9.52 Å². The van der Waals surface area contributed by atoms with Gasteiger partial charge >= 0.3 is 0 Å². The van der Waals surface area contributed by atoms with Gasteiger partial charge in [-0.1, -0.05) is 6.07 Å². The first-order chi connectivity index (χ1) is 7.25. The van der Waals surface area contributed by atoms with Crippen molar-refractivity contribution in [1.82, 2.24) is 4.98 Å². The van der Waals surface area contributed by atoms with Gasteiger partial charge in [-0.25, -0.2) is 0 Å². The van der Waals surface area contributed by atoms with Gasteiger partial charge in [0.15, 0.2) is 0 Å². The molecule has 15 heavy (non-hydrogen) atoms. The Morgan fingerprint density at radius 3 is 2.93 bits per heavy atom. The summed E-state index contributed by atoms with van der Waals surface area (Å²) in [6.07, 6.45) is 3.21. The largest absolute Gasteiger partial charge is 0.472 e. The van der Waals surface area contributed by atoms with E-state index in [9.17, 15) is 5.11 Å². The molecule has 0 aliphatic heterocycles. The third-order valence-corrected chi connectivity index (χ3v) is 2.26. The Morgan fingerprint density at radius 2 is 2.27 bits per heavy atom.